The third kappa shape index (κ3) is 4.52. The van der Waals surface area contributed by atoms with E-state index >= 15 is 0 Å². The highest BCUT2D eigenvalue weighted by Gasteiger charge is 2.07. The molecule has 7 nitrogen and oxygen atoms in total. The molecule has 2 aromatic carbocycles. The first-order chi connectivity index (χ1) is 12.2. The molecule has 1 aromatic heterocycles. The SMILES string of the molecule is COc1cc(C[N-]c2nn[nH]n2)ccc1OCc1ccc(Cl)c(Cl)c1. The molecule has 0 aliphatic carbocycles. The van der Waals surface area contributed by atoms with Crippen molar-refractivity contribution in [3.63, 3.8) is 0 Å². The number of methoxy groups -OCH3 is 1. The highest BCUT2D eigenvalue weighted by Crippen LogP contribution is 2.30. The Morgan fingerprint density at radius 3 is 2.60 bits per heavy atom. The van der Waals surface area contributed by atoms with E-state index in [4.69, 9.17) is 32.7 Å². The smallest absolute Gasteiger partial charge is 0.161 e. The summed E-state index contributed by atoms with van der Waals surface area (Å²) in [5, 5.41) is 18.6. The van der Waals surface area contributed by atoms with E-state index in [2.05, 4.69) is 25.9 Å². The van der Waals surface area contributed by atoms with Crippen LogP contribution in [0.1, 0.15) is 11.1 Å². The van der Waals surface area contributed by atoms with Crippen LogP contribution in [-0.2, 0) is 13.2 Å². The third-order valence-electron chi connectivity index (χ3n) is 3.34. The average molecular weight is 379 g/mol. The molecule has 130 valence electrons. The minimum Gasteiger partial charge on any atom is -0.493 e. The molecule has 9 heteroatoms. The van der Waals surface area contributed by atoms with Gasteiger partial charge in [-0.2, -0.15) is 0 Å². The minimum absolute atomic E-state index is 0.305. The van der Waals surface area contributed by atoms with Crippen molar-refractivity contribution in [1.82, 2.24) is 20.6 Å². The zero-order valence-electron chi connectivity index (χ0n) is 13.2. The lowest BCUT2D eigenvalue weighted by Gasteiger charge is -2.13. The highest BCUT2D eigenvalue weighted by atomic mass is 35.5. The van der Waals surface area contributed by atoms with Crippen molar-refractivity contribution in [3.8, 4) is 11.5 Å². The second kappa shape index (κ2) is 8.04. The standard InChI is InChI=1S/C16H14Cl2N5O2/c1-24-15-7-10(8-19-16-20-22-23-21-16)3-5-14(15)25-9-11-2-4-12(17)13(18)6-11/h2-7H,8-9H2,1H3,(H-,19,20,21,22,23)/q-1. The monoisotopic (exact) mass is 378 g/mol. The maximum atomic E-state index is 6.01. The number of benzene rings is 2. The van der Waals surface area contributed by atoms with Crippen LogP contribution in [0.4, 0.5) is 5.95 Å². The molecule has 0 aliphatic heterocycles. The molecule has 0 amide bonds. The van der Waals surface area contributed by atoms with Crippen molar-refractivity contribution in [2.75, 3.05) is 7.11 Å². The predicted octanol–water partition coefficient (Wildman–Crippen LogP) is 4.30. The molecule has 3 aromatic rings. The van der Waals surface area contributed by atoms with Gasteiger partial charge < -0.3 is 14.8 Å². The number of rotatable bonds is 7. The predicted molar refractivity (Wildman–Crippen MR) is 94.7 cm³/mol. The fourth-order valence-corrected chi connectivity index (χ4v) is 2.43. The minimum atomic E-state index is 0.305. The summed E-state index contributed by atoms with van der Waals surface area (Å²) in [7, 11) is 1.58. The Labute approximate surface area is 154 Å². The first-order valence-corrected chi connectivity index (χ1v) is 8.06. The van der Waals surface area contributed by atoms with Crippen LogP contribution in [0.25, 0.3) is 5.32 Å². The molecule has 0 bridgehead atoms. The van der Waals surface area contributed by atoms with Gasteiger partial charge in [-0.25, -0.2) is 0 Å². The summed E-state index contributed by atoms with van der Waals surface area (Å²) in [6.07, 6.45) is 0. The van der Waals surface area contributed by atoms with Crippen molar-refractivity contribution < 1.29 is 9.47 Å². The number of ether oxygens (including phenoxy) is 2. The first kappa shape index (κ1) is 17.3. The van der Waals surface area contributed by atoms with Gasteiger partial charge in [-0.15, -0.1) is 5.21 Å². The largest absolute Gasteiger partial charge is 0.493 e. The molecule has 1 heterocycles. The lowest BCUT2D eigenvalue weighted by Crippen LogP contribution is -1.98. The van der Waals surface area contributed by atoms with E-state index in [0.29, 0.717) is 40.6 Å². The lowest BCUT2D eigenvalue weighted by molar-refractivity contribution is 0.284. The van der Waals surface area contributed by atoms with Gasteiger partial charge in [0.25, 0.3) is 0 Å². The van der Waals surface area contributed by atoms with Crippen LogP contribution >= 0.6 is 23.2 Å². The number of aromatic amines is 1. The summed E-state index contributed by atoms with van der Waals surface area (Å²) < 4.78 is 11.2. The van der Waals surface area contributed by atoms with E-state index in [0.717, 1.165) is 11.1 Å². The first-order valence-electron chi connectivity index (χ1n) is 7.30. The van der Waals surface area contributed by atoms with Crippen LogP contribution in [0.5, 0.6) is 11.5 Å². The van der Waals surface area contributed by atoms with Gasteiger partial charge in [-0.05, 0) is 35.4 Å². The van der Waals surface area contributed by atoms with Crippen molar-refractivity contribution in [2.45, 2.75) is 13.2 Å². The molecule has 0 unspecified atom stereocenters. The van der Waals surface area contributed by atoms with Crippen LogP contribution in [-0.4, -0.2) is 27.7 Å². The number of tetrazole rings is 1. The summed E-state index contributed by atoms with van der Waals surface area (Å²) in [4.78, 5) is 0. The van der Waals surface area contributed by atoms with E-state index in [1.54, 1.807) is 19.2 Å². The number of nitrogens with zero attached hydrogens (tertiary/aromatic N) is 4. The van der Waals surface area contributed by atoms with Crippen molar-refractivity contribution in [1.29, 1.82) is 0 Å². The second-order valence-corrected chi connectivity index (χ2v) is 5.86. The Kier molecular flexibility index (Phi) is 5.57. The van der Waals surface area contributed by atoms with Gasteiger partial charge in [0.15, 0.2) is 11.5 Å². The molecule has 0 atom stereocenters. The summed E-state index contributed by atoms with van der Waals surface area (Å²) in [5.41, 5.74) is 1.84. The number of hydrogen-bond acceptors (Lipinski definition) is 5. The Morgan fingerprint density at radius 1 is 1.04 bits per heavy atom. The number of hydrogen-bond donors (Lipinski definition) is 1. The summed E-state index contributed by atoms with van der Waals surface area (Å²) in [6.45, 7) is 0.753. The lowest BCUT2D eigenvalue weighted by atomic mass is 10.2. The van der Waals surface area contributed by atoms with Gasteiger partial charge in [0.2, 0.25) is 0 Å². The van der Waals surface area contributed by atoms with Gasteiger partial charge in [0.05, 0.1) is 23.1 Å². The molecule has 3 rings (SSSR count). The normalized spacial score (nSPS) is 10.5. The molecule has 25 heavy (non-hydrogen) atoms. The van der Waals surface area contributed by atoms with E-state index in [9.17, 15) is 0 Å². The average Bonchev–Trinajstić information content (AvgIpc) is 3.15. The summed E-state index contributed by atoms with van der Waals surface area (Å²) >= 11 is 11.9. The van der Waals surface area contributed by atoms with Crippen LogP contribution < -0.4 is 9.47 Å². The van der Waals surface area contributed by atoms with E-state index in [1.807, 2.05) is 24.3 Å². The Balaban J connectivity index is 1.65. The third-order valence-corrected chi connectivity index (χ3v) is 4.08. The van der Waals surface area contributed by atoms with Gasteiger partial charge in [-0.1, -0.05) is 35.3 Å². The van der Waals surface area contributed by atoms with Gasteiger partial charge >= 0.3 is 0 Å². The van der Waals surface area contributed by atoms with Crippen LogP contribution in [0.15, 0.2) is 36.4 Å². The van der Waals surface area contributed by atoms with Crippen molar-refractivity contribution >= 4 is 29.2 Å². The molecule has 0 saturated heterocycles. The molecule has 0 fully saturated rings. The van der Waals surface area contributed by atoms with Gasteiger partial charge in [-0.3, -0.25) is 15.4 Å². The Hall–Kier alpha value is -2.51. The Morgan fingerprint density at radius 2 is 1.88 bits per heavy atom. The molecule has 1 N–H and O–H groups in total. The fourth-order valence-electron chi connectivity index (χ4n) is 2.11. The number of halogens is 2. The number of nitrogens with one attached hydrogen (secondary N) is 1. The molecule has 0 radical (unpaired) electrons. The highest BCUT2D eigenvalue weighted by molar-refractivity contribution is 6.42. The van der Waals surface area contributed by atoms with E-state index in [-0.39, 0.29) is 0 Å². The number of aromatic nitrogens is 4. The van der Waals surface area contributed by atoms with E-state index < -0.39 is 0 Å². The van der Waals surface area contributed by atoms with Gasteiger partial charge in [0, 0.05) is 6.54 Å². The zero-order valence-corrected chi connectivity index (χ0v) is 14.8. The van der Waals surface area contributed by atoms with Crippen molar-refractivity contribution in [3.05, 3.63) is 62.9 Å². The topological polar surface area (TPSA) is 87.0 Å². The number of H-pyrrole nitrogens is 1. The molecule has 0 saturated carbocycles. The molecular formula is C16H14Cl2N5O2-. The van der Waals surface area contributed by atoms with Crippen LogP contribution in [0.2, 0.25) is 10.0 Å². The molecule has 0 spiro atoms. The summed E-state index contributed by atoms with van der Waals surface area (Å²) in [5.74, 6) is 1.54. The van der Waals surface area contributed by atoms with Crippen LogP contribution in [0.3, 0.4) is 0 Å². The maximum Gasteiger partial charge on any atom is 0.161 e. The van der Waals surface area contributed by atoms with Gasteiger partial charge in [0.1, 0.15) is 6.61 Å². The van der Waals surface area contributed by atoms with Crippen LogP contribution in [0, 0.1) is 0 Å². The Bertz CT molecular complexity index is 843. The quantitative estimate of drug-likeness (QED) is 0.661. The molecular weight excluding hydrogens is 365 g/mol. The maximum absolute atomic E-state index is 6.01. The zero-order chi connectivity index (χ0) is 17.6. The van der Waals surface area contributed by atoms with E-state index in [1.165, 1.54) is 0 Å². The molecule has 0 aliphatic rings. The fraction of sp³-hybridized carbons (Fsp3) is 0.188. The second-order valence-electron chi connectivity index (χ2n) is 5.05. The van der Waals surface area contributed by atoms with Crippen molar-refractivity contribution in [2.24, 2.45) is 0 Å². The summed E-state index contributed by atoms with van der Waals surface area (Å²) in [6, 6.07) is 11.0.